The Balaban J connectivity index is 1.44. The minimum Gasteiger partial charge on any atom is -0.464 e. The molecular weight excluding hydrogens is 440 g/mol. The van der Waals surface area contributed by atoms with Crippen LogP contribution in [-0.2, 0) is 16.6 Å². The Morgan fingerprint density at radius 2 is 1.57 bits per heavy atom. The molecule has 0 aliphatic carbocycles. The maximum atomic E-state index is 13.2. The van der Waals surface area contributed by atoms with Crippen molar-refractivity contribution >= 4 is 45.1 Å². The van der Waals surface area contributed by atoms with Crippen LogP contribution in [-0.4, -0.2) is 11.8 Å². The van der Waals surface area contributed by atoms with Gasteiger partial charge in [-0.2, -0.15) is 0 Å². The second-order valence-electron chi connectivity index (χ2n) is 9.57. The van der Waals surface area contributed by atoms with E-state index in [1.165, 1.54) is 0 Å². The number of rotatable bonds is 5. The molecule has 0 saturated carbocycles. The lowest BCUT2D eigenvalue weighted by atomic mass is 9.86. The van der Waals surface area contributed by atoms with Gasteiger partial charge in [-0.15, -0.1) is 0 Å². The lowest BCUT2D eigenvalue weighted by molar-refractivity contribution is -0.115. The van der Waals surface area contributed by atoms with Gasteiger partial charge >= 0.3 is 0 Å². The summed E-state index contributed by atoms with van der Waals surface area (Å²) in [5.74, 6) is -0.657. The summed E-state index contributed by atoms with van der Waals surface area (Å²) in [5, 5.41) is 7.30. The Hall–Kier alpha value is -4.32. The van der Waals surface area contributed by atoms with E-state index in [1.54, 1.807) is 24.5 Å². The molecule has 0 aliphatic heterocycles. The van der Waals surface area contributed by atoms with E-state index in [-0.39, 0.29) is 23.5 Å². The largest absolute Gasteiger partial charge is 0.464 e. The molecule has 2 amide bonds. The van der Waals surface area contributed by atoms with Crippen molar-refractivity contribution in [2.24, 2.45) is 0 Å². The molecule has 2 aromatic heterocycles. The molecular formula is C29H26N2O4. The molecule has 0 radical (unpaired) electrons. The molecule has 2 N–H and O–H groups in total. The van der Waals surface area contributed by atoms with Gasteiger partial charge in [0.1, 0.15) is 16.9 Å². The fourth-order valence-electron chi connectivity index (χ4n) is 4.08. The molecule has 0 fully saturated rings. The van der Waals surface area contributed by atoms with Gasteiger partial charge in [-0.05, 0) is 47.4 Å². The van der Waals surface area contributed by atoms with Crippen molar-refractivity contribution in [3.63, 3.8) is 0 Å². The van der Waals surface area contributed by atoms with E-state index >= 15 is 0 Å². The smallest absolute Gasteiger partial charge is 0.293 e. The summed E-state index contributed by atoms with van der Waals surface area (Å²) in [6, 6.07) is 22.4. The third-order valence-electron chi connectivity index (χ3n) is 5.97. The SMILES string of the molecule is CC(C)(C)c1ccc2occ(CC(=O)Nc3c(C(=O)Nc4ccccc4)oc4ccccc34)c2c1. The monoisotopic (exact) mass is 466 g/mol. The lowest BCUT2D eigenvalue weighted by Crippen LogP contribution is -2.18. The van der Waals surface area contributed by atoms with Crippen molar-refractivity contribution in [3.05, 3.63) is 95.9 Å². The number of furan rings is 2. The maximum absolute atomic E-state index is 13.2. The molecule has 0 aliphatic rings. The predicted octanol–water partition coefficient (Wildman–Crippen LogP) is 6.91. The van der Waals surface area contributed by atoms with Crippen LogP contribution in [0.15, 0.2) is 87.9 Å². The van der Waals surface area contributed by atoms with Crippen molar-refractivity contribution in [2.75, 3.05) is 10.6 Å². The number of carbonyl (C=O) groups is 2. The zero-order valence-corrected chi connectivity index (χ0v) is 19.8. The highest BCUT2D eigenvalue weighted by Crippen LogP contribution is 2.33. The summed E-state index contributed by atoms with van der Waals surface area (Å²) >= 11 is 0. The number of fused-ring (bicyclic) bond motifs is 2. The molecule has 0 unspecified atom stereocenters. The fraction of sp³-hybridized carbons (Fsp3) is 0.172. The van der Waals surface area contributed by atoms with Crippen molar-refractivity contribution in [1.29, 1.82) is 0 Å². The van der Waals surface area contributed by atoms with Crippen molar-refractivity contribution in [2.45, 2.75) is 32.6 Å². The highest BCUT2D eigenvalue weighted by atomic mass is 16.3. The number of para-hydroxylation sites is 2. The first-order valence-electron chi connectivity index (χ1n) is 11.5. The van der Waals surface area contributed by atoms with Gasteiger partial charge in [0.2, 0.25) is 11.7 Å². The highest BCUT2D eigenvalue weighted by Gasteiger charge is 2.23. The Morgan fingerprint density at radius 1 is 0.829 bits per heavy atom. The fourth-order valence-corrected chi connectivity index (χ4v) is 4.08. The molecule has 6 nitrogen and oxygen atoms in total. The van der Waals surface area contributed by atoms with Crippen LogP contribution in [0.25, 0.3) is 21.9 Å². The number of nitrogens with one attached hydrogen (secondary N) is 2. The minimum atomic E-state index is -0.439. The third kappa shape index (κ3) is 4.55. The number of hydrogen-bond donors (Lipinski definition) is 2. The molecule has 5 rings (SSSR count). The molecule has 3 aromatic carbocycles. The van der Waals surface area contributed by atoms with Crippen LogP contribution < -0.4 is 10.6 Å². The van der Waals surface area contributed by atoms with Crippen molar-refractivity contribution < 1.29 is 18.4 Å². The molecule has 35 heavy (non-hydrogen) atoms. The number of anilines is 2. The second kappa shape index (κ2) is 8.80. The molecule has 2 heterocycles. The average Bonchev–Trinajstić information content (AvgIpc) is 3.40. The van der Waals surface area contributed by atoms with Crippen LogP contribution in [0.1, 0.15) is 42.5 Å². The van der Waals surface area contributed by atoms with Gasteiger partial charge in [0.05, 0.1) is 12.7 Å². The van der Waals surface area contributed by atoms with Gasteiger partial charge in [-0.1, -0.05) is 57.2 Å². The zero-order valence-electron chi connectivity index (χ0n) is 19.8. The third-order valence-corrected chi connectivity index (χ3v) is 5.97. The Bertz CT molecular complexity index is 1540. The van der Waals surface area contributed by atoms with Gasteiger partial charge in [0.15, 0.2) is 0 Å². The number of hydrogen-bond acceptors (Lipinski definition) is 4. The number of carbonyl (C=O) groups excluding carboxylic acids is 2. The molecule has 176 valence electrons. The van der Waals surface area contributed by atoms with Gasteiger partial charge in [0, 0.05) is 22.0 Å². The molecule has 0 bridgehead atoms. The normalized spacial score (nSPS) is 11.6. The van der Waals surface area contributed by atoms with Gasteiger partial charge in [-0.3, -0.25) is 9.59 Å². The molecule has 6 heteroatoms. The summed E-state index contributed by atoms with van der Waals surface area (Å²) < 4.78 is 11.5. The summed E-state index contributed by atoms with van der Waals surface area (Å²) in [5.41, 5.74) is 4.15. The first-order chi connectivity index (χ1) is 16.8. The van der Waals surface area contributed by atoms with E-state index in [4.69, 9.17) is 8.83 Å². The summed E-state index contributed by atoms with van der Waals surface area (Å²) in [4.78, 5) is 26.2. The van der Waals surface area contributed by atoms with E-state index in [9.17, 15) is 9.59 Å². The molecule has 0 saturated heterocycles. The molecule has 0 spiro atoms. The zero-order chi connectivity index (χ0) is 24.6. The summed E-state index contributed by atoms with van der Waals surface area (Å²) in [6.07, 6.45) is 1.72. The van der Waals surface area contributed by atoms with Gasteiger partial charge < -0.3 is 19.5 Å². The molecule has 0 atom stereocenters. The van der Waals surface area contributed by atoms with Crippen LogP contribution in [0, 0.1) is 0 Å². The second-order valence-corrected chi connectivity index (χ2v) is 9.57. The van der Waals surface area contributed by atoms with E-state index < -0.39 is 5.91 Å². The minimum absolute atomic E-state index is 0.0261. The average molecular weight is 467 g/mol. The maximum Gasteiger partial charge on any atom is 0.293 e. The Kier molecular flexibility index (Phi) is 5.65. The topological polar surface area (TPSA) is 84.5 Å². The van der Waals surface area contributed by atoms with Crippen LogP contribution in [0.3, 0.4) is 0 Å². The van der Waals surface area contributed by atoms with E-state index in [0.29, 0.717) is 22.3 Å². The first-order valence-corrected chi connectivity index (χ1v) is 11.5. The van der Waals surface area contributed by atoms with Crippen LogP contribution in [0.2, 0.25) is 0 Å². The first kappa shape index (κ1) is 22.5. The summed E-state index contributed by atoms with van der Waals surface area (Å²) in [7, 11) is 0. The van der Waals surface area contributed by atoms with Crippen LogP contribution in [0.4, 0.5) is 11.4 Å². The highest BCUT2D eigenvalue weighted by molar-refractivity contribution is 6.14. The molecule has 5 aromatic rings. The Morgan fingerprint density at radius 3 is 2.34 bits per heavy atom. The van der Waals surface area contributed by atoms with Crippen molar-refractivity contribution in [1.82, 2.24) is 0 Å². The van der Waals surface area contributed by atoms with Crippen LogP contribution >= 0.6 is 0 Å². The number of amides is 2. The summed E-state index contributed by atoms with van der Waals surface area (Å²) in [6.45, 7) is 6.44. The van der Waals surface area contributed by atoms with E-state index in [0.717, 1.165) is 22.1 Å². The van der Waals surface area contributed by atoms with E-state index in [1.807, 2.05) is 48.5 Å². The Labute approximate surface area is 202 Å². The van der Waals surface area contributed by atoms with E-state index in [2.05, 4.69) is 37.5 Å². The van der Waals surface area contributed by atoms with Crippen LogP contribution in [0.5, 0.6) is 0 Å². The van der Waals surface area contributed by atoms with Crippen molar-refractivity contribution in [3.8, 4) is 0 Å². The standard InChI is InChI=1S/C29H26N2O4/c1-29(2,3)19-13-14-23-22(16-19)18(17-34-23)15-25(32)31-26-21-11-7-8-12-24(21)35-27(26)28(33)30-20-9-5-4-6-10-20/h4-14,16-17H,15H2,1-3H3,(H,30,33)(H,31,32). The predicted molar refractivity (Wildman–Crippen MR) is 138 cm³/mol. The quantitative estimate of drug-likeness (QED) is 0.295. The van der Waals surface area contributed by atoms with Gasteiger partial charge in [0.25, 0.3) is 5.91 Å². The lowest BCUT2D eigenvalue weighted by Gasteiger charge is -2.18. The van der Waals surface area contributed by atoms with Gasteiger partial charge in [-0.25, -0.2) is 0 Å². The number of benzene rings is 3.